The Labute approximate surface area is 150 Å². The molecule has 0 saturated carbocycles. The van der Waals surface area contributed by atoms with E-state index in [-0.39, 0.29) is 28.2 Å². The molecule has 0 aliphatic carbocycles. The molecule has 1 fully saturated rings. The highest BCUT2D eigenvalue weighted by Crippen LogP contribution is 2.28. The van der Waals surface area contributed by atoms with Crippen molar-refractivity contribution >= 4 is 32.3 Å². The first-order chi connectivity index (χ1) is 10.5. The van der Waals surface area contributed by atoms with Crippen LogP contribution in [0, 0.1) is 12.8 Å². The van der Waals surface area contributed by atoms with Crippen LogP contribution >= 0.6 is 12.4 Å². The fourth-order valence-corrected chi connectivity index (χ4v) is 5.31. The molecule has 0 bridgehead atoms. The molecule has 0 aromatic heterocycles. The normalized spacial score (nSPS) is 18.8. The second kappa shape index (κ2) is 7.70. The van der Waals surface area contributed by atoms with E-state index < -0.39 is 19.9 Å². The molecule has 9 heteroatoms. The maximum atomic E-state index is 12.9. The molecule has 1 aromatic rings. The van der Waals surface area contributed by atoms with E-state index >= 15 is 0 Å². The summed E-state index contributed by atoms with van der Waals surface area (Å²) in [4.78, 5) is 0.0896. The van der Waals surface area contributed by atoms with Gasteiger partial charge in [0.25, 0.3) is 0 Å². The molecule has 6 nitrogen and oxygen atoms in total. The lowest BCUT2D eigenvalue weighted by molar-refractivity contribution is 0.250. The van der Waals surface area contributed by atoms with Crippen molar-refractivity contribution in [3.63, 3.8) is 0 Å². The van der Waals surface area contributed by atoms with Gasteiger partial charge in [0.05, 0.1) is 9.79 Å². The predicted molar refractivity (Wildman–Crippen MR) is 96.7 cm³/mol. The maximum Gasteiger partial charge on any atom is 0.243 e. The highest BCUT2D eigenvalue weighted by atomic mass is 35.5. The van der Waals surface area contributed by atoms with E-state index in [0.29, 0.717) is 24.6 Å². The monoisotopic (exact) mass is 396 g/mol. The van der Waals surface area contributed by atoms with E-state index in [9.17, 15) is 16.8 Å². The summed E-state index contributed by atoms with van der Waals surface area (Å²) < 4.78 is 50.5. The summed E-state index contributed by atoms with van der Waals surface area (Å²) in [5, 5.41) is 0. The van der Waals surface area contributed by atoms with Crippen molar-refractivity contribution in [1.29, 1.82) is 0 Å². The van der Waals surface area contributed by atoms with Crippen LogP contribution < -0.4 is 5.73 Å². The van der Waals surface area contributed by atoms with Gasteiger partial charge in [-0.1, -0.05) is 6.07 Å². The van der Waals surface area contributed by atoms with Gasteiger partial charge in [0, 0.05) is 25.4 Å². The van der Waals surface area contributed by atoms with Gasteiger partial charge in [-0.2, -0.15) is 4.31 Å². The van der Waals surface area contributed by atoms with Gasteiger partial charge in [-0.05, 0) is 50.3 Å². The van der Waals surface area contributed by atoms with Crippen LogP contribution in [0.1, 0.15) is 25.3 Å². The molecule has 0 spiro atoms. The van der Waals surface area contributed by atoms with Crippen LogP contribution in [-0.4, -0.2) is 46.5 Å². The summed E-state index contributed by atoms with van der Waals surface area (Å²) in [5.41, 5.74) is 6.44. The van der Waals surface area contributed by atoms with E-state index in [1.807, 2.05) is 6.92 Å². The minimum atomic E-state index is -3.70. The van der Waals surface area contributed by atoms with Gasteiger partial charge >= 0.3 is 0 Å². The Morgan fingerprint density at radius 1 is 1.17 bits per heavy atom. The minimum absolute atomic E-state index is 0. The largest absolute Gasteiger partial charge is 0.328 e. The molecule has 0 radical (unpaired) electrons. The quantitative estimate of drug-likeness (QED) is 0.832. The van der Waals surface area contributed by atoms with Crippen molar-refractivity contribution in [3.05, 3.63) is 23.8 Å². The van der Waals surface area contributed by atoms with Crippen LogP contribution in [0.2, 0.25) is 0 Å². The molecule has 1 aliphatic heterocycles. The highest BCUT2D eigenvalue weighted by Gasteiger charge is 2.32. The molecule has 2 rings (SSSR count). The van der Waals surface area contributed by atoms with Crippen LogP contribution in [0.3, 0.4) is 0 Å². The fourth-order valence-electron chi connectivity index (χ4n) is 2.87. The van der Waals surface area contributed by atoms with Crippen molar-refractivity contribution in [1.82, 2.24) is 4.31 Å². The molecule has 0 amide bonds. The number of hydrogen-bond acceptors (Lipinski definition) is 5. The highest BCUT2D eigenvalue weighted by molar-refractivity contribution is 7.91. The number of rotatable bonds is 4. The molecule has 1 aromatic carbocycles. The number of sulfonamides is 1. The summed E-state index contributed by atoms with van der Waals surface area (Å²) >= 11 is 0. The van der Waals surface area contributed by atoms with Gasteiger partial charge < -0.3 is 5.73 Å². The van der Waals surface area contributed by atoms with Crippen molar-refractivity contribution in [2.45, 2.75) is 42.5 Å². The first-order valence-electron chi connectivity index (χ1n) is 7.60. The van der Waals surface area contributed by atoms with Crippen molar-refractivity contribution in [3.8, 4) is 0 Å². The summed E-state index contributed by atoms with van der Waals surface area (Å²) in [5.74, 6) is 0.324. The van der Waals surface area contributed by atoms with E-state index in [1.165, 1.54) is 22.5 Å². The standard InChI is InChI=1S/C15H24N2O4S2.ClH/c1-11-4-5-14(22(3,18)19)10-15(11)23(20,21)17-8-6-13(7-9-17)12(2)16;/h4-5,10,12-13H,6-9,16H2,1-3H3;1H. The Morgan fingerprint density at radius 2 is 1.71 bits per heavy atom. The zero-order valence-electron chi connectivity index (χ0n) is 14.1. The van der Waals surface area contributed by atoms with Crippen molar-refractivity contribution in [2.75, 3.05) is 19.3 Å². The van der Waals surface area contributed by atoms with Gasteiger partial charge in [0.15, 0.2) is 9.84 Å². The van der Waals surface area contributed by atoms with Gasteiger partial charge in [-0.15, -0.1) is 12.4 Å². The van der Waals surface area contributed by atoms with E-state index in [0.717, 1.165) is 19.1 Å². The second-order valence-corrected chi connectivity index (χ2v) is 10.2. The third-order valence-electron chi connectivity index (χ3n) is 4.45. The van der Waals surface area contributed by atoms with Gasteiger partial charge in [0.1, 0.15) is 0 Å². The molecular weight excluding hydrogens is 372 g/mol. The molecular formula is C15H25ClN2O4S2. The lowest BCUT2D eigenvalue weighted by atomic mass is 9.92. The number of nitrogens with two attached hydrogens (primary N) is 1. The summed E-state index contributed by atoms with van der Waals surface area (Å²) in [6.45, 7) is 4.44. The van der Waals surface area contributed by atoms with Crippen LogP contribution in [0.25, 0.3) is 0 Å². The van der Waals surface area contributed by atoms with E-state index in [2.05, 4.69) is 0 Å². The predicted octanol–water partition coefficient (Wildman–Crippen LogP) is 1.57. The average molecular weight is 397 g/mol. The smallest absolute Gasteiger partial charge is 0.243 e. The van der Waals surface area contributed by atoms with E-state index in [4.69, 9.17) is 5.73 Å². The number of piperidine rings is 1. The number of nitrogens with zero attached hydrogens (tertiary/aromatic N) is 1. The lowest BCUT2D eigenvalue weighted by Crippen LogP contribution is -2.42. The van der Waals surface area contributed by atoms with Crippen LogP contribution in [0.4, 0.5) is 0 Å². The van der Waals surface area contributed by atoms with Gasteiger partial charge in [0.2, 0.25) is 10.0 Å². The number of hydrogen-bond donors (Lipinski definition) is 1. The first-order valence-corrected chi connectivity index (χ1v) is 10.9. The first kappa shape index (κ1) is 21.4. The molecule has 1 unspecified atom stereocenters. The Balaban J connectivity index is 0.00000288. The van der Waals surface area contributed by atoms with Gasteiger partial charge in [-0.25, -0.2) is 16.8 Å². The molecule has 138 valence electrons. The maximum absolute atomic E-state index is 12.9. The van der Waals surface area contributed by atoms with Crippen LogP contribution in [-0.2, 0) is 19.9 Å². The Bertz CT molecular complexity index is 784. The van der Waals surface area contributed by atoms with Crippen molar-refractivity contribution < 1.29 is 16.8 Å². The van der Waals surface area contributed by atoms with E-state index in [1.54, 1.807) is 6.92 Å². The van der Waals surface area contributed by atoms with Crippen molar-refractivity contribution in [2.24, 2.45) is 11.7 Å². The topological polar surface area (TPSA) is 97.5 Å². The molecule has 1 aliphatic rings. The third kappa shape index (κ3) is 4.49. The SMILES string of the molecule is Cc1ccc(S(C)(=O)=O)cc1S(=O)(=O)N1CCC(C(C)N)CC1.Cl. The number of sulfone groups is 1. The number of halogens is 1. The van der Waals surface area contributed by atoms with Crippen LogP contribution in [0.15, 0.2) is 28.0 Å². The third-order valence-corrected chi connectivity index (χ3v) is 7.60. The number of aryl methyl sites for hydroxylation is 1. The Kier molecular flexibility index (Phi) is 6.85. The van der Waals surface area contributed by atoms with Crippen LogP contribution in [0.5, 0.6) is 0 Å². The lowest BCUT2D eigenvalue weighted by Gasteiger charge is -2.33. The second-order valence-electron chi connectivity index (χ2n) is 6.30. The summed E-state index contributed by atoms with van der Waals surface area (Å²) in [6.07, 6.45) is 2.52. The molecule has 1 atom stereocenters. The molecule has 2 N–H and O–H groups in total. The van der Waals surface area contributed by atoms with Gasteiger partial charge in [-0.3, -0.25) is 0 Å². The molecule has 1 saturated heterocycles. The fraction of sp³-hybridized carbons (Fsp3) is 0.600. The molecule has 1 heterocycles. The Morgan fingerprint density at radius 3 is 2.17 bits per heavy atom. The summed E-state index contributed by atoms with van der Waals surface area (Å²) in [6, 6.07) is 4.29. The average Bonchev–Trinajstić information content (AvgIpc) is 2.46. The zero-order valence-corrected chi connectivity index (χ0v) is 16.5. The Hall–Kier alpha value is -0.670. The minimum Gasteiger partial charge on any atom is -0.328 e. The summed E-state index contributed by atoms with van der Waals surface area (Å²) in [7, 11) is -7.15. The number of benzene rings is 1. The molecule has 24 heavy (non-hydrogen) atoms. The zero-order chi connectivity index (χ0) is 17.4.